The van der Waals surface area contributed by atoms with E-state index in [9.17, 15) is 9.18 Å². The molecule has 3 aromatic carbocycles. The summed E-state index contributed by atoms with van der Waals surface area (Å²) < 4.78 is 21.1. The predicted octanol–water partition coefficient (Wildman–Crippen LogP) is 6.81. The number of benzene rings is 3. The molecule has 0 saturated heterocycles. The Hall–Kier alpha value is -2.98. The molecule has 0 radical (unpaired) electrons. The van der Waals surface area contributed by atoms with Crippen LogP contribution in [0.15, 0.2) is 84.2 Å². The lowest BCUT2D eigenvalue weighted by atomic mass is 9.97. The summed E-state index contributed by atoms with van der Waals surface area (Å²) in [6, 6.07) is 24.2. The van der Waals surface area contributed by atoms with Crippen LogP contribution in [-0.4, -0.2) is 5.97 Å². The molecule has 2 nitrogen and oxygen atoms in total. The standard InChI is InChI=1S/C24H20FO2S/c1-24(2,20-11-4-5-12-21(20)25)27-23(26)18-9-7-10-19(16-18)28-15-14-17-8-3-6-13-22(17)28/h3-16H,1-2H3/q+1. The van der Waals surface area contributed by atoms with Gasteiger partial charge in [-0.25, -0.2) is 9.18 Å². The Bertz CT molecular complexity index is 1160. The van der Waals surface area contributed by atoms with Gasteiger partial charge in [0, 0.05) is 33.6 Å². The second kappa shape index (κ2) is 7.21. The molecule has 1 unspecified atom stereocenters. The molecule has 0 bridgehead atoms. The van der Waals surface area contributed by atoms with Crippen molar-refractivity contribution in [3.8, 4) is 4.90 Å². The highest BCUT2D eigenvalue weighted by molar-refractivity contribution is 7.43. The molecule has 0 amide bonds. The highest BCUT2D eigenvalue weighted by atomic mass is 32.2. The van der Waals surface area contributed by atoms with Gasteiger partial charge in [-0.2, -0.15) is 0 Å². The minimum absolute atomic E-state index is 0.204. The minimum Gasteiger partial charge on any atom is -0.451 e. The number of halogens is 1. The second-order valence-corrected chi connectivity index (χ2v) is 8.94. The van der Waals surface area contributed by atoms with E-state index in [1.807, 2.05) is 30.3 Å². The predicted molar refractivity (Wildman–Crippen MR) is 113 cm³/mol. The number of fused-ring (bicyclic) bond motifs is 1. The van der Waals surface area contributed by atoms with E-state index in [-0.39, 0.29) is 16.3 Å². The molecule has 4 heteroatoms. The maximum Gasteiger partial charge on any atom is 0.339 e. The monoisotopic (exact) mass is 391 g/mol. The number of thiophene rings is 1. The third-order valence-electron chi connectivity index (χ3n) is 4.73. The lowest BCUT2D eigenvalue weighted by Gasteiger charge is -2.26. The van der Waals surface area contributed by atoms with E-state index >= 15 is 0 Å². The number of carbonyl (C=O) groups is 1. The van der Waals surface area contributed by atoms with Crippen LogP contribution in [0.4, 0.5) is 4.39 Å². The molecule has 0 spiro atoms. The van der Waals surface area contributed by atoms with Crippen molar-refractivity contribution in [3.05, 3.63) is 101 Å². The van der Waals surface area contributed by atoms with Crippen molar-refractivity contribution >= 4 is 26.5 Å². The largest absolute Gasteiger partial charge is 0.451 e. The summed E-state index contributed by atoms with van der Waals surface area (Å²) in [4.78, 5) is 13.9. The van der Waals surface area contributed by atoms with Crippen molar-refractivity contribution in [1.29, 1.82) is 0 Å². The van der Waals surface area contributed by atoms with Crippen LogP contribution in [0, 0.1) is 5.82 Å². The van der Waals surface area contributed by atoms with Crippen molar-refractivity contribution in [3.63, 3.8) is 0 Å². The van der Waals surface area contributed by atoms with Gasteiger partial charge >= 0.3 is 5.97 Å². The molecule has 0 N–H and O–H groups in total. The SMILES string of the molecule is CC(C)(OC(=O)c1cccc(-[s+]2ccc3ccccc32)c1)c1ccccc1F. The summed E-state index contributed by atoms with van der Waals surface area (Å²) in [5.74, 6) is -0.849. The highest BCUT2D eigenvalue weighted by Crippen LogP contribution is 2.40. The van der Waals surface area contributed by atoms with Crippen LogP contribution in [0.5, 0.6) is 0 Å². The Balaban J connectivity index is 1.64. The fourth-order valence-electron chi connectivity index (χ4n) is 3.29. The third kappa shape index (κ3) is 3.43. The van der Waals surface area contributed by atoms with Crippen molar-refractivity contribution in [1.82, 2.24) is 0 Å². The number of ether oxygens (including phenoxy) is 1. The fourth-order valence-corrected chi connectivity index (χ4v) is 5.23. The molecule has 140 valence electrons. The van der Waals surface area contributed by atoms with Crippen LogP contribution in [0.1, 0.15) is 29.8 Å². The lowest BCUT2D eigenvalue weighted by Crippen LogP contribution is -2.26. The first-order valence-electron chi connectivity index (χ1n) is 9.04. The molecule has 4 rings (SSSR count). The van der Waals surface area contributed by atoms with Crippen LogP contribution in [0.3, 0.4) is 0 Å². The number of hydrogen-bond donors (Lipinski definition) is 0. The first-order valence-corrected chi connectivity index (χ1v) is 10.3. The Morgan fingerprint density at radius 2 is 1.68 bits per heavy atom. The summed E-state index contributed by atoms with van der Waals surface area (Å²) in [5, 5.41) is 3.37. The van der Waals surface area contributed by atoms with Gasteiger partial charge in [0.05, 0.1) is 5.56 Å². The average Bonchev–Trinajstić information content (AvgIpc) is 3.12. The zero-order chi connectivity index (χ0) is 19.7. The van der Waals surface area contributed by atoms with Gasteiger partial charge in [-0.15, -0.1) is 0 Å². The van der Waals surface area contributed by atoms with E-state index in [1.54, 1.807) is 38.1 Å². The maximum absolute atomic E-state index is 14.1. The summed E-state index contributed by atoms with van der Waals surface area (Å²) >= 11 is 0. The first-order chi connectivity index (χ1) is 13.5. The van der Waals surface area contributed by atoms with Crippen LogP contribution in [0.2, 0.25) is 0 Å². The Morgan fingerprint density at radius 1 is 0.929 bits per heavy atom. The molecule has 0 aliphatic rings. The van der Waals surface area contributed by atoms with Crippen LogP contribution >= 0.6 is 10.5 Å². The summed E-state index contributed by atoms with van der Waals surface area (Å²) in [5.41, 5.74) is -0.248. The quantitative estimate of drug-likeness (QED) is 0.282. The van der Waals surface area contributed by atoms with Gasteiger partial charge in [0.25, 0.3) is 0 Å². The van der Waals surface area contributed by atoms with E-state index in [0.717, 1.165) is 4.90 Å². The third-order valence-corrected chi connectivity index (χ3v) is 6.75. The molecule has 0 fully saturated rings. The van der Waals surface area contributed by atoms with Crippen LogP contribution in [-0.2, 0) is 10.3 Å². The van der Waals surface area contributed by atoms with Gasteiger partial charge in [0.1, 0.15) is 16.8 Å². The Labute approximate surface area is 166 Å². The van der Waals surface area contributed by atoms with E-state index in [1.165, 1.54) is 16.2 Å². The number of hydrogen-bond acceptors (Lipinski definition) is 2. The number of carbonyl (C=O) groups excluding carboxylic acids is 1. The molecule has 1 atom stereocenters. The zero-order valence-corrected chi connectivity index (χ0v) is 16.5. The smallest absolute Gasteiger partial charge is 0.339 e. The highest BCUT2D eigenvalue weighted by Gasteiger charge is 2.29. The Morgan fingerprint density at radius 3 is 2.50 bits per heavy atom. The van der Waals surface area contributed by atoms with E-state index < -0.39 is 11.6 Å². The second-order valence-electron chi connectivity index (χ2n) is 7.09. The van der Waals surface area contributed by atoms with Gasteiger partial charge in [-0.3, -0.25) is 0 Å². The summed E-state index contributed by atoms with van der Waals surface area (Å²) in [6.07, 6.45) is 0. The van der Waals surface area contributed by atoms with Crippen molar-refractivity contribution in [2.45, 2.75) is 19.4 Å². The molecular formula is C24H20FO2S+. The first kappa shape index (κ1) is 18.4. The van der Waals surface area contributed by atoms with Gasteiger partial charge in [0.2, 0.25) is 0 Å². The van der Waals surface area contributed by atoms with Crippen molar-refractivity contribution < 1.29 is 13.9 Å². The summed E-state index contributed by atoms with van der Waals surface area (Å²) in [7, 11) is -0.204. The van der Waals surface area contributed by atoms with Crippen molar-refractivity contribution in [2.24, 2.45) is 0 Å². The van der Waals surface area contributed by atoms with Crippen molar-refractivity contribution in [2.75, 3.05) is 0 Å². The average molecular weight is 391 g/mol. The molecule has 0 aliphatic carbocycles. The van der Waals surface area contributed by atoms with Gasteiger partial charge in [-0.1, -0.05) is 36.4 Å². The molecule has 4 aromatic rings. The fraction of sp³-hybridized carbons (Fsp3) is 0.125. The van der Waals surface area contributed by atoms with Crippen LogP contribution in [0.25, 0.3) is 15.0 Å². The number of esters is 1. The molecule has 28 heavy (non-hydrogen) atoms. The van der Waals surface area contributed by atoms with Gasteiger partial charge in [-0.05, 0) is 44.2 Å². The molecule has 0 saturated carbocycles. The Kier molecular flexibility index (Phi) is 4.73. The van der Waals surface area contributed by atoms with Gasteiger partial charge in [0.15, 0.2) is 9.60 Å². The van der Waals surface area contributed by atoms with E-state index in [0.29, 0.717) is 11.1 Å². The van der Waals surface area contributed by atoms with Crippen LogP contribution < -0.4 is 0 Å². The summed E-state index contributed by atoms with van der Waals surface area (Å²) in [6.45, 7) is 3.40. The lowest BCUT2D eigenvalue weighted by molar-refractivity contribution is -0.00450. The van der Waals surface area contributed by atoms with E-state index in [4.69, 9.17) is 4.74 Å². The normalized spacial score (nSPS) is 12.2. The maximum atomic E-state index is 14.1. The molecule has 1 aromatic heterocycles. The zero-order valence-electron chi connectivity index (χ0n) is 15.7. The molecule has 0 aliphatic heterocycles. The molecular weight excluding hydrogens is 371 g/mol. The minimum atomic E-state index is -1.07. The topological polar surface area (TPSA) is 26.3 Å². The van der Waals surface area contributed by atoms with Gasteiger partial charge < -0.3 is 4.74 Å². The molecule has 1 heterocycles. The van der Waals surface area contributed by atoms with E-state index in [2.05, 4.69) is 23.6 Å². The number of rotatable bonds is 4.